The minimum Gasteiger partial charge on any atom is -0.493 e. The van der Waals surface area contributed by atoms with Crippen LogP contribution in [0.15, 0.2) is 35.2 Å². The second-order valence-electron chi connectivity index (χ2n) is 7.95. The monoisotopic (exact) mass is 522 g/mol. The predicted molar refractivity (Wildman–Crippen MR) is 131 cm³/mol. The molecule has 36 heavy (non-hydrogen) atoms. The number of piperidine rings is 1. The smallest absolute Gasteiger partial charge is 0.340 e. The van der Waals surface area contributed by atoms with Crippen molar-refractivity contribution in [3.63, 3.8) is 0 Å². The highest BCUT2D eigenvalue weighted by atomic mass is 32.2. The summed E-state index contributed by atoms with van der Waals surface area (Å²) in [7, 11) is 3.07. The molecular weight excluding hydrogens is 492 g/mol. The molecule has 0 aromatic heterocycles. The summed E-state index contributed by atoms with van der Waals surface area (Å²) in [6, 6.07) is 7.22. The number of hydrogen-bond acceptors (Lipinski definition) is 9. The Morgan fingerprint density at radius 2 is 1.50 bits per heavy atom. The molecule has 1 heterocycles. The van der Waals surface area contributed by atoms with Crippen molar-refractivity contribution in [1.82, 2.24) is 4.31 Å². The molecule has 12 heteroatoms. The van der Waals surface area contributed by atoms with Gasteiger partial charge in [0, 0.05) is 31.3 Å². The quantitative estimate of drug-likeness (QED) is 0.494. The highest BCUT2D eigenvalue weighted by Crippen LogP contribution is 2.35. The molecule has 11 nitrogen and oxygen atoms in total. The summed E-state index contributed by atoms with van der Waals surface area (Å²) in [5.74, 6) is -0.459. The fourth-order valence-corrected chi connectivity index (χ4v) is 5.54. The molecule has 2 aromatic carbocycles. The molecule has 0 spiro atoms. The number of rotatable bonds is 9. The highest BCUT2D eigenvalue weighted by Gasteiger charge is 2.34. The first kappa shape index (κ1) is 27.1. The van der Waals surface area contributed by atoms with Crippen LogP contribution in [0.25, 0.3) is 0 Å². The number of carbonyl (C=O) groups excluding carboxylic acids is 2. The number of carbonyl (C=O) groups is 2. The number of esters is 1. The van der Waals surface area contributed by atoms with Crippen molar-refractivity contribution in [2.75, 3.05) is 54.0 Å². The maximum Gasteiger partial charge on any atom is 0.340 e. The van der Waals surface area contributed by atoms with Crippen molar-refractivity contribution >= 4 is 27.6 Å². The third kappa shape index (κ3) is 5.49. The molecule has 2 aromatic rings. The Labute approximate surface area is 210 Å². The van der Waals surface area contributed by atoms with E-state index in [1.807, 2.05) is 0 Å². The number of hydrogen-bond donors (Lipinski definition) is 1. The second kappa shape index (κ2) is 11.5. The number of methoxy groups -OCH3 is 5. The average molecular weight is 523 g/mol. The number of anilines is 1. The van der Waals surface area contributed by atoms with E-state index >= 15 is 0 Å². The highest BCUT2D eigenvalue weighted by molar-refractivity contribution is 7.89. The third-order valence-electron chi connectivity index (χ3n) is 5.93. The van der Waals surface area contributed by atoms with Gasteiger partial charge in [-0.3, -0.25) is 4.79 Å². The summed E-state index contributed by atoms with van der Waals surface area (Å²) in [4.78, 5) is 25.5. The Hall–Kier alpha value is -3.51. The van der Waals surface area contributed by atoms with Crippen molar-refractivity contribution in [2.45, 2.75) is 17.7 Å². The minimum atomic E-state index is -3.90. The molecule has 0 saturated carbocycles. The van der Waals surface area contributed by atoms with Crippen LogP contribution in [-0.4, -0.2) is 73.2 Å². The summed E-state index contributed by atoms with van der Waals surface area (Å²) in [5, 5.41) is 2.73. The molecule has 0 radical (unpaired) electrons. The lowest BCUT2D eigenvalue weighted by molar-refractivity contribution is -0.120. The molecule has 1 N–H and O–H groups in total. The molecule has 0 aliphatic carbocycles. The van der Waals surface area contributed by atoms with Gasteiger partial charge in [0.25, 0.3) is 0 Å². The Balaban J connectivity index is 1.84. The van der Waals surface area contributed by atoms with Crippen LogP contribution in [0.3, 0.4) is 0 Å². The Morgan fingerprint density at radius 3 is 2.11 bits per heavy atom. The molecular formula is C24H30N2O9S. The number of nitrogens with one attached hydrogen (secondary N) is 1. The van der Waals surface area contributed by atoms with Crippen molar-refractivity contribution in [3.05, 3.63) is 35.9 Å². The van der Waals surface area contributed by atoms with Crippen LogP contribution in [0.2, 0.25) is 0 Å². The van der Waals surface area contributed by atoms with Gasteiger partial charge in [0.15, 0.2) is 23.0 Å². The van der Waals surface area contributed by atoms with Crippen LogP contribution in [0.1, 0.15) is 23.2 Å². The maximum absolute atomic E-state index is 13.3. The van der Waals surface area contributed by atoms with E-state index in [1.165, 1.54) is 70.2 Å². The van der Waals surface area contributed by atoms with Crippen LogP contribution in [0.5, 0.6) is 23.0 Å². The number of sulfonamides is 1. The molecule has 1 aliphatic heterocycles. The first-order valence-corrected chi connectivity index (χ1v) is 12.5. The maximum atomic E-state index is 13.3. The zero-order valence-corrected chi connectivity index (χ0v) is 21.6. The average Bonchev–Trinajstić information content (AvgIpc) is 2.91. The molecule has 1 amide bonds. The van der Waals surface area contributed by atoms with Crippen LogP contribution in [-0.2, 0) is 19.6 Å². The summed E-state index contributed by atoms with van der Waals surface area (Å²) in [6.45, 7) is 0.244. The minimum absolute atomic E-state index is 0.0244. The number of ether oxygens (including phenoxy) is 5. The molecule has 1 saturated heterocycles. The van der Waals surface area contributed by atoms with E-state index in [4.69, 9.17) is 23.7 Å². The van der Waals surface area contributed by atoms with Crippen molar-refractivity contribution < 1.29 is 41.7 Å². The fourth-order valence-electron chi connectivity index (χ4n) is 4.00. The van der Waals surface area contributed by atoms with Crippen LogP contribution < -0.4 is 24.3 Å². The predicted octanol–water partition coefficient (Wildman–Crippen LogP) is 2.55. The topological polar surface area (TPSA) is 130 Å². The molecule has 3 rings (SSSR count). The van der Waals surface area contributed by atoms with E-state index in [1.54, 1.807) is 0 Å². The van der Waals surface area contributed by atoms with Gasteiger partial charge in [0.2, 0.25) is 15.9 Å². The van der Waals surface area contributed by atoms with Gasteiger partial charge in [-0.1, -0.05) is 0 Å². The zero-order chi connectivity index (χ0) is 26.5. The van der Waals surface area contributed by atoms with Crippen molar-refractivity contribution in [1.29, 1.82) is 0 Å². The summed E-state index contributed by atoms with van der Waals surface area (Å²) < 4.78 is 53.7. The Morgan fingerprint density at radius 1 is 0.889 bits per heavy atom. The summed E-state index contributed by atoms with van der Waals surface area (Å²) >= 11 is 0. The molecule has 0 bridgehead atoms. The van der Waals surface area contributed by atoms with E-state index in [0.29, 0.717) is 30.1 Å². The SMILES string of the molecule is COC(=O)c1cc(OC)c(OC)cc1NC(=O)[C@@H]1CCCN(S(=O)(=O)c2ccc(OC)c(OC)c2)C1. The lowest BCUT2D eigenvalue weighted by atomic mass is 9.98. The standard InChI is InChI=1S/C24H30N2O9S/c1-31-19-9-8-16(11-20(19)32-2)36(29,30)26-10-6-7-15(14-26)23(27)25-18-13-22(34-4)21(33-3)12-17(18)24(28)35-5/h8-9,11-13,15H,6-7,10,14H2,1-5H3,(H,25,27)/t15-/m1/s1. The third-order valence-corrected chi connectivity index (χ3v) is 7.80. The van der Waals surface area contributed by atoms with E-state index in [0.717, 1.165) is 0 Å². The summed E-state index contributed by atoms with van der Waals surface area (Å²) in [5.41, 5.74) is 0.249. The van der Waals surface area contributed by atoms with Crippen LogP contribution in [0.4, 0.5) is 5.69 Å². The first-order valence-electron chi connectivity index (χ1n) is 11.1. The molecule has 0 unspecified atom stereocenters. The second-order valence-corrected chi connectivity index (χ2v) is 9.89. The van der Waals surface area contributed by atoms with Gasteiger partial charge in [-0.15, -0.1) is 0 Å². The van der Waals surface area contributed by atoms with Gasteiger partial charge < -0.3 is 29.0 Å². The van der Waals surface area contributed by atoms with Gasteiger partial charge >= 0.3 is 5.97 Å². The number of nitrogens with zero attached hydrogens (tertiary/aromatic N) is 1. The Kier molecular flexibility index (Phi) is 8.64. The van der Waals surface area contributed by atoms with Crippen LogP contribution >= 0.6 is 0 Å². The van der Waals surface area contributed by atoms with Gasteiger partial charge in [-0.2, -0.15) is 4.31 Å². The molecule has 1 atom stereocenters. The summed E-state index contributed by atoms with van der Waals surface area (Å²) in [6.07, 6.45) is 0.963. The largest absolute Gasteiger partial charge is 0.493 e. The zero-order valence-electron chi connectivity index (χ0n) is 20.8. The van der Waals surface area contributed by atoms with E-state index in [-0.39, 0.29) is 35.0 Å². The molecule has 196 valence electrons. The van der Waals surface area contributed by atoms with E-state index in [9.17, 15) is 18.0 Å². The molecule has 1 aliphatic rings. The van der Waals surface area contributed by atoms with Gasteiger partial charge in [0.1, 0.15) is 0 Å². The fraction of sp³-hybridized carbons (Fsp3) is 0.417. The van der Waals surface area contributed by atoms with Crippen molar-refractivity contribution in [3.8, 4) is 23.0 Å². The van der Waals surface area contributed by atoms with E-state index in [2.05, 4.69) is 5.32 Å². The first-order chi connectivity index (χ1) is 17.2. The van der Waals surface area contributed by atoms with Gasteiger partial charge in [-0.05, 0) is 25.0 Å². The number of benzene rings is 2. The number of amides is 1. The van der Waals surface area contributed by atoms with Crippen molar-refractivity contribution in [2.24, 2.45) is 5.92 Å². The van der Waals surface area contributed by atoms with E-state index < -0.39 is 27.8 Å². The van der Waals surface area contributed by atoms with Gasteiger partial charge in [0.05, 0.1) is 57.6 Å². The normalized spacial score (nSPS) is 16.1. The lowest BCUT2D eigenvalue weighted by Crippen LogP contribution is -2.43. The van der Waals surface area contributed by atoms with Gasteiger partial charge in [-0.25, -0.2) is 13.2 Å². The lowest BCUT2D eigenvalue weighted by Gasteiger charge is -2.31. The molecule has 1 fully saturated rings. The van der Waals surface area contributed by atoms with Crippen LogP contribution in [0, 0.1) is 5.92 Å². The Bertz CT molecular complexity index is 1230.